The van der Waals surface area contributed by atoms with Gasteiger partial charge in [0.05, 0.1) is 39.6 Å². The van der Waals surface area contributed by atoms with Gasteiger partial charge in [0.25, 0.3) is 0 Å². The van der Waals surface area contributed by atoms with Crippen LogP contribution in [0.3, 0.4) is 0 Å². The van der Waals surface area contributed by atoms with Gasteiger partial charge in [-0.3, -0.25) is 0 Å². The number of unbranched alkanes of at least 4 members (excludes halogenated alkanes) is 54. The topological polar surface area (TPSA) is 118 Å². The van der Waals surface area contributed by atoms with Crippen molar-refractivity contribution in [2.24, 2.45) is 0 Å². The highest BCUT2D eigenvalue weighted by atomic mass is 16.5. The van der Waals surface area contributed by atoms with Crippen LogP contribution in [0.15, 0.2) is 48.5 Å². The first-order valence-corrected chi connectivity index (χ1v) is 45.8. The molecule has 106 heavy (non-hydrogen) atoms. The average Bonchev–Trinajstić information content (AvgIpc) is 0.807. The summed E-state index contributed by atoms with van der Waals surface area (Å²) in [5.41, 5.74) is 3.53. The molecule has 0 aliphatic carbocycles. The number of benzene rings is 3. The Hall–Kier alpha value is -4.93. The van der Waals surface area contributed by atoms with Gasteiger partial charge in [0, 0.05) is 41.2 Å². The Labute approximate surface area is 653 Å². The van der Waals surface area contributed by atoms with Crippen LogP contribution >= 0.6 is 0 Å². The highest BCUT2D eigenvalue weighted by molar-refractivity contribution is 5.70. The molecule has 1 heterocycles. The molecular weight excluding hydrogens is 1310 g/mol. The number of ether oxygens (including phenoxy) is 6. The van der Waals surface area contributed by atoms with Gasteiger partial charge in [-0.25, -0.2) is 0 Å². The first-order chi connectivity index (χ1) is 52.5. The summed E-state index contributed by atoms with van der Waals surface area (Å²) in [7, 11) is 0. The van der Waals surface area contributed by atoms with Crippen LogP contribution in [0.2, 0.25) is 0 Å². The molecule has 1 aromatic heterocycles. The number of aromatic nitrogens is 3. The molecule has 11 heteroatoms. The van der Waals surface area contributed by atoms with Gasteiger partial charge < -0.3 is 39.1 Å². The normalized spacial score (nSPS) is 11.4. The molecule has 2 N–H and O–H groups in total. The third-order valence-corrected chi connectivity index (χ3v) is 21.2. The second-order valence-corrected chi connectivity index (χ2v) is 31.3. The van der Waals surface area contributed by atoms with Crippen molar-refractivity contribution in [2.75, 3.05) is 50.3 Å². The van der Waals surface area contributed by atoms with Gasteiger partial charge in [0.15, 0.2) is 28.8 Å². The lowest BCUT2D eigenvalue weighted by atomic mass is 10.1. The molecule has 3 aromatic carbocycles. The molecule has 0 fully saturated rings. The molecule has 0 amide bonds. The third kappa shape index (κ3) is 47.9. The minimum Gasteiger partial charge on any atom is -0.489 e. The Morgan fingerprint density at radius 2 is 0.443 bits per heavy atom. The largest absolute Gasteiger partial charge is 0.489 e. The van der Waals surface area contributed by atoms with Crippen LogP contribution in [0.1, 0.15) is 432 Å². The second kappa shape index (κ2) is 68.1. The van der Waals surface area contributed by atoms with Crippen LogP contribution in [-0.4, -0.2) is 54.6 Å². The standard InChI is InChI=1S/C95H164N5O6/c1-8-15-21-27-33-39-45-51-57-63-73-101-87-79-85(80-88(102-74-64-58-52-46-40-34-28-22-16-9-2)91(87)105-77-67-61-55-49-43-37-31-25-19-12-5)96-94-98-93(84-71-69-83(14-7)70-72-84)99-95(100-94)97-86-81-89(103-75-65-59-53-47-41-35-29-23-17-10-3)92(106-78-68-62-56-50-44-38-32-26-20-13-6)90(82-86)104-76-66-60-54-48-42-36-30-24-18-11-4/h69-72,79-82H,7-68,73-78H2,1-6H3,(H2,96,97,98,99,100). The van der Waals surface area contributed by atoms with Crippen molar-refractivity contribution in [3.05, 3.63) is 61.0 Å². The Bertz CT molecular complexity index is 2370. The zero-order valence-electron chi connectivity index (χ0n) is 70.0. The molecule has 0 unspecified atom stereocenters. The number of nitrogens with zero attached hydrogens (tertiary/aromatic N) is 3. The van der Waals surface area contributed by atoms with Gasteiger partial charge >= 0.3 is 0 Å². The van der Waals surface area contributed by atoms with E-state index in [9.17, 15) is 0 Å². The third-order valence-electron chi connectivity index (χ3n) is 21.2. The number of rotatable bonds is 78. The Morgan fingerprint density at radius 1 is 0.245 bits per heavy atom. The monoisotopic (exact) mass is 1470 g/mol. The lowest BCUT2D eigenvalue weighted by Crippen LogP contribution is -2.09. The Balaban J connectivity index is 1.74. The summed E-state index contributed by atoms with van der Waals surface area (Å²) in [6.07, 6.45) is 76.6. The van der Waals surface area contributed by atoms with Crippen LogP contribution in [0.5, 0.6) is 34.5 Å². The van der Waals surface area contributed by atoms with Crippen molar-refractivity contribution in [3.8, 4) is 45.9 Å². The quantitative estimate of drug-likeness (QED) is 0.0412. The summed E-state index contributed by atoms with van der Waals surface area (Å²) in [4.78, 5) is 15.6. The van der Waals surface area contributed by atoms with Crippen LogP contribution in [0.4, 0.5) is 23.3 Å². The van der Waals surface area contributed by atoms with Crippen molar-refractivity contribution < 1.29 is 28.4 Å². The maximum atomic E-state index is 6.89. The molecule has 11 nitrogen and oxygen atoms in total. The predicted octanol–water partition coefficient (Wildman–Crippen LogP) is 31.2. The molecule has 0 saturated carbocycles. The number of nitrogens with one attached hydrogen (secondary N) is 2. The van der Waals surface area contributed by atoms with Crippen LogP contribution in [0, 0.1) is 6.92 Å². The molecule has 605 valence electrons. The van der Waals surface area contributed by atoms with Crippen molar-refractivity contribution >= 4 is 23.3 Å². The van der Waals surface area contributed by atoms with Crippen molar-refractivity contribution in [3.63, 3.8) is 0 Å². The molecule has 0 spiro atoms. The van der Waals surface area contributed by atoms with Gasteiger partial charge in [0.2, 0.25) is 23.4 Å². The molecule has 0 saturated heterocycles. The summed E-state index contributed by atoms with van der Waals surface area (Å²) >= 11 is 0. The van der Waals surface area contributed by atoms with Crippen LogP contribution in [-0.2, 0) is 6.42 Å². The Kier molecular flexibility index (Phi) is 60.1. The fourth-order valence-corrected chi connectivity index (χ4v) is 14.3. The maximum Gasteiger partial charge on any atom is 0.232 e. The summed E-state index contributed by atoms with van der Waals surface area (Å²) in [5, 5.41) is 7.37. The molecule has 1 radical (unpaired) electrons. The SMILES string of the molecule is [CH2]Cc1ccc(-c2nc(Nc3cc(OCCCCCCCCCCCC)c(OCCCCCCCCCCCC)c(OCCCCCCCCCCCC)c3)nc(Nc3cc(OCCCCCCCCCCCC)c(OCCCCCCCCCCCC)c(OCCCCCCCCCCCC)c3)n2)cc1. The van der Waals surface area contributed by atoms with E-state index in [0.29, 0.717) is 98.3 Å². The minimum absolute atomic E-state index is 0.389. The number of anilines is 4. The van der Waals surface area contributed by atoms with Gasteiger partial charge in [-0.05, 0) is 57.4 Å². The van der Waals surface area contributed by atoms with Crippen LogP contribution in [0.25, 0.3) is 11.4 Å². The maximum absolute atomic E-state index is 6.89. The molecule has 0 bridgehead atoms. The smallest absolute Gasteiger partial charge is 0.232 e. The van der Waals surface area contributed by atoms with Gasteiger partial charge in [-0.1, -0.05) is 413 Å². The zero-order chi connectivity index (χ0) is 75.3. The van der Waals surface area contributed by atoms with Crippen molar-refractivity contribution in [2.45, 2.75) is 433 Å². The first-order valence-electron chi connectivity index (χ1n) is 45.8. The van der Waals surface area contributed by atoms with E-state index in [1.54, 1.807) is 0 Å². The average molecular weight is 1470 g/mol. The first kappa shape index (κ1) is 93.4. The van der Waals surface area contributed by atoms with E-state index in [4.69, 9.17) is 43.4 Å². The van der Waals surface area contributed by atoms with Gasteiger partial charge in [0.1, 0.15) is 0 Å². The Morgan fingerprint density at radius 3 is 0.651 bits per heavy atom. The molecule has 4 rings (SSSR count). The van der Waals surface area contributed by atoms with E-state index in [2.05, 4.69) is 108 Å². The van der Waals surface area contributed by atoms with E-state index < -0.39 is 0 Å². The van der Waals surface area contributed by atoms with Gasteiger partial charge in [-0.2, -0.15) is 15.0 Å². The van der Waals surface area contributed by atoms with Gasteiger partial charge in [-0.15, -0.1) is 0 Å². The fraction of sp³-hybridized carbons (Fsp3) is 0.768. The highest BCUT2D eigenvalue weighted by Gasteiger charge is 2.21. The highest BCUT2D eigenvalue weighted by Crippen LogP contribution is 2.44. The second-order valence-electron chi connectivity index (χ2n) is 31.3. The molecule has 0 atom stereocenters. The predicted molar refractivity (Wildman–Crippen MR) is 458 cm³/mol. The summed E-state index contributed by atoms with van der Waals surface area (Å²) in [5.74, 6) is 5.45. The van der Waals surface area contributed by atoms with Crippen molar-refractivity contribution in [1.29, 1.82) is 0 Å². The number of hydrogen-bond donors (Lipinski definition) is 2. The summed E-state index contributed by atoms with van der Waals surface area (Å²) in [6.45, 7) is 21.6. The fourth-order valence-electron chi connectivity index (χ4n) is 14.3. The zero-order valence-corrected chi connectivity index (χ0v) is 70.0. The van der Waals surface area contributed by atoms with Crippen molar-refractivity contribution in [1.82, 2.24) is 15.0 Å². The molecular formula is C95H164N5O6. The van der Waals surface area contributed by atoms with E-state index in [-0.39, 0.29) is 0 Å². The van der Waals surface area contributed by atoms with E-state index >= 15 is 0 Å². The number of hydrogen-bond acceptors (Lipinski definition) is 11. The molecule has 0 aliphatic heterocycles. The summed E-state index contributed by atoms with van der Waals surface area (Å²) in [6, 6.07) is 16.7. The lowest BCUT2D eigenvalue weighted by molar-refractivity contribution is 0.234. The summed E-state index contributed by atoms with van der Waals surface area (Å²) < 4.78 is 41.3. The van der Waals surface area contributed by atoms with Crippen LogP contribution < -0.4 is 39.1 Å². The van der Waals surface area contributed by atoms with E-state index in [0.717, 1.165) is 99.6 Å². The van der Waals surface area contributed by atoms with E-state index in [1.165, 1.54) is 308 Å². The minimum atomic E-state index is 0.389. The lowest BCUT2D eigenvalue weighted by Gasteiger charge is -2.20. The molecule has 0 aliphatic rings. The molecule has 4 aromatic rings. The van der Waals surface area contributed by atoms with E-state index in [1.807, 2.05) is 0 Å².